The van der Waals surface area contributed by atoms with Gasteiger partial charge in [0.2, 0.25) is 0 Å². The van der Waals surface area contributed by atoms with E-state index in [1.807, 2.05) is 0 Å². The van der Waals surface area contributed by atoms with Gasteiger partial charge in [0.1, 0.15) is 0 Å². The van der Waals surface area contributed by atoms with Crippen molar-refractivity contribution in [1.29, 1.82) is 0 Å². The molecular formula is C13H22ClCoF6N4O3. The second kappa shape index (κ2) is 19.0. The van der Waals surface area contributed by atoms with Gasteiger partial charge in [-0.05, 0) is 37.5 Å². The molecule has 0 spiro atoms. The van der Waals surface area contributed by atoms with Gasteiger partial charge in [0, 0.05) is 18.5 Å². The van der Waals surface area contributed by atoms with E-state index >= 15 is 0 Å². The molecule has 0 amide bonds. The van der Waals surface area contributed by atoms with E-state index in [2.05, 4.69) is 9.98 Å². The van der Waals surface area contributed by atoms with Crippen LogP contribution in [0.15, 0.2) is 33.7 Å². The van der Waals surface area contributed by atoms with E-state index in [1.54, 1.807) is 0 Å². The number of nitrogens with zero attached hydrogens (tertiary/aromatic N) is 2. The number of halogens is 7. The molecule has 0 radical (unpaired) electrons. The summed E-state index contributed by atoms with van der Waals surface area (Å²) in [5.41, 5.74) is -0.379. The molecular weight excluding hydrogens is 469 g/mol. The summed E-state index contributed by atoms with van der Waals surface area (Å²) in [6, 6.07) is 0. The number of allylic oxidation sites excluding steroid dienone is 4. The third kappa shape index (κ3) is 21.0. The molecule has 0 heterocycles. The quantitative estimate of drug-likeness (QED) is 0.184. The molecule has 0 aliphatic rings. The Hall–Kier alpha value is -1.32. The van der Waals surface area contributed by atoms with E-state index in [-0.39, 0.29) is 66.0 Å². The summed E-state index contributed by atoms with van der Waals surface area (Å²) in [5.74, 6) is -4.12. The van der Waals surface area contributed by atoms with Crippen molar-refractivity contribution >= 4 is 11.4 Å². The number of aliphatic hydroxyl groups is 1. The van der Waals surface area contributed by atoms with Crippen LogP contribution < -0.4 is 34.9 Å². The molecule has 0 atom stereocenters. The van der Waals surface area contributed by atoms with E-state index in [0.29, 0.717) is 12.2 Å². The zero-order valence-corrected chi connectivity index (χ0v) is 16.9. The molecule has 0 unspecified atom stereocenters. The summed E-state index contributed by atoms with van der Waals surface area (Å²) < 4.78 is 71.6. The maximum atomic E-state index is 11.9. The molecule has 0 saturated carbocycles. The Morgan fingerprint density at radius 2 is 1.00 bits per heavy atom. The van der Waals surface area contributed by atoms with Crippen LogP contribution in [0.4, 0.5) is 26.3 Å². The Morgan fingerprint density at radius 1 is 0.786 bits per heavy atom. The van der Waals surface area contributed by atoms with E-state index in [4.69, 9.17) is 5.11 Å². The largest absolute Gasteiger partial charge is 3.00 e. The van der Waals surface area contributed by atoms with Crippen LogP contribution in [0.5, 0.6) is 0 Å². The predicted octanol–water partition coefficient (Wildman–Crippen LogP) is -1.54. The van der Waals surface area contributed by atoms with Gasteiger partial charge in [0.05, 0.1) is 13.1 Å². The van der Waals surface area contributed by atoms with Crippen LogP contribution in [0.1, 0.15) is 13.8 Å². The van der Waals surface area contributed by atoms with Crippen molar-refractivity contribution in [2.75, 3.05) is 20.2 Å². The number of hydrogen-bond donors (Lipinski definition) is 3. The average molecular weight is 491 g/mol. The first-order chi connectivity index (χ1) is 10.8. The zero-order valence-electron chi connectivity index (χ0n) is 15.1. The minimum absolute atomic E-state index is 0. The third-order valence-electron chi connectivity index (χ3n) is 2.06. The van der Waals surface area contributed by atoms with Crippen molar-refractivity contribution in [3.8, 4) is 0 Å². The van der Waals surface area contributed by atoms with Gasteiger partial charge in [0.15, 0.2) is 0 Å². The Morgan fingerprint density at radius 3 is 1.18 bits per heavy atom. The molecule has 7 nitrogen and oxygen atoms in total. The predicted molar refractivity (Wildman–Crippen MR) is 82.4 cm³/mol. The third-order valence-corrected chi connectivity index (χ3v) is 2.06. The van der Waals surface area contributed by atoms with Crippen molar-refractivity contribution in [2.45, 2.75) is 26.2 Å². The smallest absolute Gasteiger partial charge is 1.00 e. The van der Waals surface area contributed by atoms with Crippen molar-refractivity contribution < 1.29 is 70.8 Å². The maximum absolute atomic E-state index is 11.9. The molecule has 0 bridgehead atoms. The molecule has 0 fully saturated rings. The molecule has 0 aromatic rings. The van der Waals surface area contributed by atoms with Crippen LogP contribution in [0.3, 0.4) is 0 Å². The molecule has 0 aromatic carbocycles. The first kappa shape index (κ1) is 41.1. The Bertz CT molecular complexity index is 477. The molecule has 0 saturated heterocycles. The average Bonchev–Trinajstić information content (AvgIpc) is 2.43. The Balaban J connectivity index is -0.000000195. The van der Waals surface area contributed by atoms with Crippen molar-refractivity contribution in [3.05, 3.63) is 23.7 Å². The summed E-state index contributed by atoms with van der Waals surface area (Å²) in [5, 5.41) is 28.2. The van der Waals surface area contributed by atoms with Crippen LogP contribution in [-0.4, -0.2) is 49.1 Å². The summed E-state index contributed by atoms with van der Waals surface area (Å²) >= 11 is 0. The second-order valence-electron chi connectivity index (χ2n) is 4.06. The molecule has 7 N–H and O–H groups in total. The van der Waals surface area contributed by atoms with Crippen molar-refractivity contribution in [3.63, 3.8) is 0 Å². The topological polar surface area (TPSA) is 161 Å². The molecule has 0 aliphatic heterocycles. The Kier molecular flexibility index (Phi) is 27.9. The summed E-state index contributed by atoms with van der Waals surface area (Å²) in [6.07, 6.45) is -9.37. The standard InChI is InChI=1S/C12H14F6N2O2.CH4O.ClH.Co.2H3N/c1-7(5-9(21)11(13,14)15)19-3-4-20-8(2)6-10(22)12(16,17)18;1-2;;;;/h5-6,21-22H,3-4H2,1-2H3;2H,1H3;1H;;2*1H3/q;;;+3;;/p-3/b9-5-,10-6-,19-7?,20-8?;;;;;. The van der Waals surface area contributed by atoms with E-state index in [9.17, 15) is 36.6 Å². The van der Waals surface area contributed by atoms with Gasteiger partial charge in [-0.25, -0.2) is 0 Å². The summed E-state index contributed by atoms with van der Waals surface area (Å²) in [7, 11) is 1.00. The van der Waals surface area contributed by atoms with E-state index in [1.165, 1.54) is 13.8 Å². The molecule has 28 heavy (non-hydrogen) atoms. The minimum atomic E-state index is -4.99. The van der Waals surface area contributed by atoms with Gasteiger partial charge in [-0.2, -0.15) is 26.3 Å². The first-order valence-electron chi connectivity index (χ1n) is 6.22. The Labute approximate surface area is 175 Å². The minimum Gasteiger partial charge on any atom is -1.00 e. The van der Waals surface area contributed by atoms with Crippen LogP contribution in [0.25, 0.3) is 0 Å². The van der Waals surface area contributed by atoms with E-state index < -0.39 is 23.9 Å². The SMILES string of the molecule is CC(/C=C(\[O-])C(F)(F)F)=NCCN=C(C)/C=C(\[O-])C(F)(F)F.CO.N.N.[Cl-].[Co+3]. The van der Waals surface area contributed by atoms with Gasteiger partial charge in [0.25, 0.3) is 0 Å². The fourth-order valence-electron chi connectivity index (χ4n) is 1.09. The molecule has 170 valence electrons. The van der Waals surface area contributed by atoms with Crippen LogP contribution in [-0.2, 0) is 16.8 Å². The van der Waals surface area contributed by atoms with Crippen LogP contribution in [0, 0.1) is 0 Å². The normalized spacial score (nSPS) is 12.9. The van der Waals surface area contributed by atoms with Crippen LogP contribution >= 0.6 is 0 Å². The zero-order chi connectivity index (χ0) is 19.6. The van der Waals surface area contributed by atoms with Crippen LogP contribution in [0.2, 0.25) is 0 Å². The molecule has 0 rings (SSSR count). The fraction of sp³-hybridized carbons (Fsp3) is 0.538. The molecule has 0 aliphatic carbocycles. The summed E-state index contributed by atoms with van der Waals surface area (Å²) in [4.78, 5) is 7.18. The number of rotatable bonds is 5. The number of hydrogen-bond acceptors (Lipinski definition) is 7. The van der Waals surface area contributed by atoms with E-state index in [0.717, 1.165) is 7.11 Å². The first-order valence-corrected chi connectivity index (χ1v) is 6.22. The maximum Gasteiger partial charge on any atom is 3.00 e. The fourth-order valence-corrected chi connectivity index (χ4v) is 1.09. The number of aliphatic imine (C=N–C) groups is 2. The molecule has 15 heteroatoms. The monoisotopic (exact) mass is 490 g/mol. The van der Waals surface area contributed by atoms with Gasteiger partial charge >= 0.3 is 29.1 Å². The van der Waals surface area contributed by atoms with Gasteiger partial charge in [-0.1, -0.05) is 0 Å². The second-order valence-corrected chi connectivity index (χ2v) is 4.06. The van der Waals surface area contributed by atoms with Crippen molar-refractivity contribution in [2.24, 2.45) is 9.98 Å². The number of alkyl halides is 6. The molecule has 0 aromatic heterocycles. The van der Waals surface area contributed by atoms with Gasteiger partial charge in [-0.3, -0.25) is 9.98 Å². The van der Waals surface area contributed by atoms with Gasteiger partial charge < -0.3 is 40.0 Å². The summed E-state index contributed by atoms with van der Waals surface area (Å²) in [6.45, 7) is 2.05. The number of aliphatic hydroxyl groups excluding tert-OH is 1. The van der Waals surface area contributed by atoms with Crippen molar-refractivity contribution in [1.82, 2.24) is 12.3 Å². The van der Waals surface area contributed by atoms with Gasteiger partial charge in [-0.15, -0.1) is 0 Å².